The molecule has 0 aromatic heterocycles. The summed E-state index contributed by atoms with van der Waals surface area (Å²) in [5, 5.41) is 21.8. The Morgan fingerprint density at radius 3 is 2.46 bits per heavy atom. The molecular formula is C15H21NO9S. The van der Waals surface area contributed by atoms with E-state index in [2.05, 4.69) is 9.50 Å². The first-order valence-corrected chi connectivity index (χ1v) is 9.10. The quantitative estimate of drug-likeness (QED) is 0.428. The summed E-state index contributed by atoms with van der Waals surface area (Å²) < 4.78 is 47.0. The number of benzene rings is 1. The van der Waals surface area contributed by atoms with Gasteiger partial charge in [-0.2, -0.15) is 8.42 Å². The number of aliphatic hydroxyl groups excluding tert-OH is 2. The van der Waals surface area contributed by atoms with E-state index in [0.29, 0.717) is 0 Å². The van der Waals surface area contributed by atoms with E-state index < -0.39 is 53.6 Å². The molecular weight excluding hydrogens is 370 g/mol. The van der Waals surface area contributed by atoms with Crippen LogP contribution in [0.15, 0.2) is 30.3 Å². The van der Waals surface area contributed by atoms with Crippen LogP contribution in [0.25, 0.3) is 0 Å². The lowest BCUT2D eigenvalue weighted by Gasteiger charge is -2.43. The molecule has 1 aromatic carbocycles. The molecule has 146 valence electrons. The van der Waals surface area contributed by atoms with E-state index in [1.165, 1.54) is 0 Å². The first kappa shape index (κ1) is 20.7. The lowest BCUT2D eigenvalue weighted by atomic mass is 9.96. The normalized spacial score (nSPS) is 29.3. The van der Waals surface area contributed by atoms with Gasteiger partial charge in [-0.15, -0.1) is 0 Å². The van der Waals surface area contributed by atoms with Crippen LogP contribution in [-0.4, -0.2) is 66.3 Å². The first-order chi connectivity index (χ1) is 12.2. The second-order valence-electron chi connectivity index (χ2n) is 5.72. The van der Waals surface area contributed by atoms with Gasteiger partial charge in [-0.3, -0.25) is 9.35 Å². The van der Waals surface area contributed by atoms with Crippen molar-refractivity contribution in [2.24, 2.45) is 0 Å². The lowest BCUT2D eigenvalue weighted by Crippen LogP contribution is -2.65. The van der Waals surface area contributed by atoms with Crippen LogP contribution < -0.4 is 5.32 Å². The maximum Gasteiger partial charge on any atom is 0.397 e. The minimum absolute atomic E-state index is 0.0135. The molecule has 0 radical (unpaired) electrons. The Balaban J connectivity index is 2.27. The molecule has 10 nitrogen and oxygen atoms in total. The molecule has 1 heterocycles. The second kappa shape index (κ2) is 8.86. The van der Waals surface area contributed by atoms with Crippen molar-refractivity contribution in [3.63, 3.8) is 0 Å². The third kappa shape index (κ3) is 5.71. The topological polar surface area (TPSA) is 152 Å². The Kier molecular flexibility index (Phi) is 7.06. The highest BCUT2D eigenvalue weighted by atomic mass is 32.3. The van der Waals surface area contributed by atoms with Gasteiger partial charge in [-0.25, -0.2) is 4.18 Å². The van der Waals surface area contributed by atoms with Gasteiger partial charge in [0.25, 0.3) is 0 Å². The molecule has 1 aliphatic heterocycles. The fraction of sp³-hybridized carbons (Fsp3) is 0.533. The third-order valence-electron chi connectivity index (χ3n) is 3.73. The Hall–Kier alpha value is -1.60. The van der Waals surface area contributed by atoms with Crippen LogP contribution in [0.5, 0.6) is 0 Å². The molecule has 2 rings (SSSR count). The van der Waals surface area contributed by atoms with E-state index in [-0.39, 0.29) is 6.61 Å². The molecule has 1 aliphatic rings. The van der Waals surface area contributed by atoms with E-state index >= 15 is 0 Å². The standard InChI is InChI=1S/C15H21NO9S/c1-9(18)16-12-14(25-26(20,21)22)13(11(7-17)24-15(12)19)23-8-10-5-3-2-4-6-10/h2-6,11-15,17,19H,7-8H2,1H3,(H,16,18)(H,20,21,22)/t11-,12-,13-,14-,15+/m1/s1. The number of amides is 1. The summed E-state index contributed by atoms with van der Waals surface area (Å²) in [6, 6.07) is 7.52. The zero-order chi connectivity index (χ0) is 19.3. The predicted molar refractivity (Wildman–Crippen MR) is 87.0 cm³/mol. The summed E-state index contributed by atoms with van der Waals surface area (Å²) in [6.07, 6.45) is -5.56. The average molecular weight is 391 g/mol. The first-order valence-electron chi connectivity index (χ1n) is 7.74. The smallest absolute Gasteiger partial charge is 0.394 e. The van der Waals surface area contributed by atoms with E-state index in [1.807, 2.05) is 0 Å². The van der Waals surface area contributed by atoms with E-state index in [1.54, 1.807) is 30.3 Å². The van der Waals surface area contributed by atoms with Gasteiger partial charge in [0.2, 0.25) is 5.91 Å². The van der Waals surface area contributed by atoms with Crippen molar-refractivity contribution in [3.05, 3.63) is 35.9 Å². The number of carbonyl (C=O) groups is 1. The fourth-order valence-electron chi connectivity index (χ4n) is 2.68. The fourth-order valence-corrected chi connectivity index (χ4v) is 3.19. The SMILES string of the molecule is CC(=O)N[C@@H]1[C@@H](OS(=O)(=O)O)[C@H](OCc2ccccc2)[C@@H](CO)O[C@@H]1O. The molecule has 0 unspecified atom stereocenters. The lowest BCUT2D eigenvalue weighted by molar-refractivity contribution is -0.261. The third-order valence-corrected chi connectivity index (χ3v) is 4.20. The predicted octanol–water partition coefficient (Wildman–Crippen LogP) is -1.03. The maximum atomic E-state index is 11.4. The minimum atomic E-state index is -4.94. The van der Waals surface area contributed by atoms with Crippen LogP contribution in [0.3, 0.4) is 0 Å². The monoisotopic (exact) mass is 391 g/mol. The number of hydrogen-bond acceptors (Lipinski definition) is 8. The number of rotatable bonds is 7. The van der Waals surface area contributed by atoms with Crippen molar-refractivity contribution >= 4 is 16.3 Å². The molecule has 0 aliphatic carbocycles. The van der Waals surface area contributed by atoms with Gasteiger partial charge in [0.05, 0.1) is 13.2 Å². The molecule has 5 atom stereocenters. The largest absolute Gasteiger partial charge is 0.397 e. The van der Waals surface area contributed by atoms with Gasteiger partial charge in [0.15, 0.2) is 6.29 Å². The van der Waals surface area contributed by atoms with E-state index in [4.69, 9.17) is 14.0 Å². The van der Waals surface area contributed by atoms with Gasteiger partial charge >= 0.3 is 10.4 Å². The van der Waals surface area contributed by atoms with Gasteiger partial charge in [0.1, 0.15) is 24.4 Å². The number of hydrogen-bond donors (Lipinski definition) is 4. The van der Waals surface area contributed by atoms with Crippen molar-refractivity contribution in [1.29, 1.82) is 0 Å². The van der Waals surface area contributed by atoms with Crippen molar-refractivity contribution in [2.75, 3.05) is 6.61 Å². The highest BCUT2D eigenvalue weighted by Crippen LogP contribution is 2.27. The summed E-state index contributed by atoms with van der Waals surface area (Å²) >= 11 is 0. The second-order valence-corrected chi connectivity index (χ2v) is 6.77. The molecule has 0 bridgehead atoms. The zero-order valence-corrected chi connectivity index (χ0v) is 14.7. The number of nitrogens with one attached hydrogen (secondary N) is 1. The summed E-state index contributed by atoms with van der Waals surface area (Å²) in [5.74, 6) is -0.592. The molecule has 26 heavy (non-hydrogen) atoms. The van der Waals surface area contributed by atoms with Crippen molar-refractivity contribution in [2.45, 2.75) is 44.2 Å². The summed E-state index contributed by atoms with van der Waals surface area (Å²) in [4.78, 5) is 11.4. The zero-order valence-electron chi connectivity index (χ0n) is 13.9. The number of ether oxygens (including phenoxy) is 2. The maximum absolute atomic E-state index is 11.4. The van der Waals surface area contributed by atoms with Crippen LogP contribution >= 0.6 is 0 Å². The Morgan fingerprint density at radius 2 is 1.92 bits per heavy atom. The summed E-state index contributed by atoms with van der Waals surface area (Å²) in [5.41, 5.74) is 0.747. The molecule has 1 aromatic rings. The van der Waals surface area contributed by atoms with Gasteiger partial charge < -0.3 is 25.0 Å². The van der Waals surface area contributed by atoms with E-state index in [9.17, 15) is 23.4 Å². The highest BCUT2D eigenvalue weighted by Gasteiger charge is 2.49. The molecule has 1 fully saturated rings. The molecule has 11 heteroatoms. The molecule has 1 amide bonds. The molecule has 4 N–H and O–H groups in total. The van der Waals surface area contributed by atoms with Gasteiger partial charge in [-0.05, 0) is 5.56 Å². The van der Waals surface area contributed by atoms with Crippen molar-refractivity contribution in [1.82, 2.24) is 5.32 Å². The Morgan fingerprint density at radius 1 is 1.27 bits per heavy atom. The van der Waals surface area contributed by atoms with Crippen molar-refractivity contribution in [3.8, 4) is 0 Å². The van der Waals surface area contributed by atoms with E-state index in [0.717, 1.165) is 12.5 Å². The number of aliphatic hydroxyl groups is 2. The van der Waals surface area contributed by atoms with Crippen LogP contribution in [0.2, 0.25) is 0 Å². The summed E-state index contributed by atoms with van der Waals surface area (Å²) in [7, 11) is -4.94. The highest BCUT2D eigenvalue weighted by molar-refractivity contribution is 7.80. The summed E-state index contributed by atoms with van der Waals surface area (Å²) in [6.45, 7) is 0.545. The Labute approximate surface area is 150 Å². The Bertz CT molecular complexity index is 696. The van der Waals surface area contributed by atoms with Crippen LogP contribution in [0.1, 0.15) is 12.5 Å². The van der Waals surface area contributed by atoms with Crippen molar-refractivity contribution < 1.29 is 41.6 Å². The molecule has 0 saturated carbocycles. The number of carbonyl (C=O) groups excluding carboxylic acids is 1. The minimum Gasteiger partial charge on any atom is -0.394 e. The molecule has 0 spiro atoms. The van der Waals surface area contributed by atoms with Gasteiger partial charge in [-0.1, -0.05) is 30.3 Å². The molecule has 1 saturated heterocycles. The van der Waals surface area contributed by atoms with Crippen LogP contribution in [0, 0.1) is 0 Å². The average Bonchev–Trinajstić information content (AvgIpc) is 2.56. The van der Waals surface area contributed by atoms with Crippen LogP contribution in [0.4, 0.5) is 0 Å². The van der Waals surface area contributed by atoms with Crippen LogP contribution in [-0.2, 0) is 35.5 Å². The van der Waals surface area contributed by atoms with Gasteiger partial charge in [0, 0.05) is 6.92 Å².